The van der Waals surface area contributed by atoms with E-state index in [0.29, 0.717) is 38.2 Å². The Labute approximate surface area is 271 Å². The second-order valence-corrected chi connectivity index (χ2v) is 14.3. The maximum atomic E-state index is 14.2. The molecule has 4 aliphatic rings. The number of carbonyl (C=O) groups excluding carboxylic acids is 3. The van der Waals surface area contributed by atoms with Gasteiger partial charge in [0, 0.05) is 44.3 Å². The van der Waals surface area contributed by atoms with E-state index in [2.05, 4.69) is 11.5 Å². The number of hydrogen-bond acceptors (Lipinski definition) is 10. The molecule has 11 heteroatoms. The predicted octanol–water partition coefficient (Wildman–Crippen LogP) is 3.64. The molecule has 10 nitrogen and oxygen atoms in total. The Kier molecular flexibility index (Phi) is 9.75. The second kappa shape index (κ2) is 12.4. The number of benzene rings is 1. The van der Waals surface area contributed by atoms with Crippen molar-refractivity contribution in [3.63, 3.8) is 0 Å². The number of aliphatic hydroxyl groups is 2. The van der Waals surface area contributed by atoms with Gasteiger partial charge in [-0.3, -0.25) is 14.5 Å². The number of ether oxygens (including phenoxy) is 4. The molecule has 2 saturated carbocycles. The zero-order valence-corrected chi connectivity index (χ0v) is 28.0. The summed E-state index contributed by atoms with van der Waals surface area (Å²) in [6.07, 6.45) is -1.56. The molecule has 0 amide bonds. The van der Waals surface area contributed by atoms with Crippen LogP contribution in [0, 0.1) is 16.7 Å². The van der Waals surface area contributed by atoms with Gasteiger partial charge >= 0.3 is 11.9 Å². The first-order valence-electron chi connectivity index (χ1n) is 15.6. The average molecular weight is 650 g/mol. The number of carbonyl (C=O) groups is 3. The third-order valence-corrected chi connectivity index (χ3v) is 10.9. The van der Waals surface area contributed by atoms with E-state index in [1.54, 1.807) is 32.0 Å². The highest BCUT2D eigenvalue weighted by molar-refractivity contribution is 5.93. The van der Waals surface area contributed by atoms with E-state index in [-0.39, 0.29) is 18.8 Å². The van der Waals surface area contributed by atoms with E-state index in [0.717, 1.165) is 18.7 Å². The van der Waals surface area contributed by atoms with Gasteiger partial charge in [-0.05, 0) is 49.8 Å². The monoisotopic (exact) mass is 649 g/mol. The van der Waals surface area contributed by atoms with Gasteiger partial charge in [-0.2, -0.15) is 0 Å². The van der Waals surface area contributed by atoms with E-state index >= 15 is 0 Å². The van der Waals surface area contributed by atoms with E-state index in [1.165, 1.54) is 19.9 Å². The van der Waals surface area contributed by atoms with Crippen LogP contribution in [0.3, 0.4) is 0 Å². The van der Waals surface area contributed by atoms with Crippen LogP contribution < -0.4 is 0 Å². The Balaban J connectivity index is 0.00000461. The normalized spacial score (nSPS) is 39.4. The Bertz CT molecular complexity index is 1330. The molecular weight excluding hydrogens is 602 g/mol. The van der Waals surface area contributed by atoms with Crippen LogP contribution in [0.2, 0.25) is 0 Å². The smallest absolute Gasteiger partial charge is 0.338 e. The summed E-state index contributed by atoms with van der Waals surface area (Å²) in [5, 5.41) is 24.4. The van der Waals surface area contributed by atoms with Gasteiger partial charge in [0.25, 0.3) is 0 Å². The van der Waals surface area contributed by atoms with Crippen LogP contribution in [-0.2, 0) is 35.1 Å². The Morgan fingerprint density at radius 3 is 2.42 bits per heavy atom. The van der Waals surface area contributed by atoms with Crippen molar-refractivity contribution in [1.82, 2.24) is 4.90 Å². The minimum absolute atomic E-state index is 0. The molecule has 0 spiro atoms. The van der Waals surface area contributed by atoms with Gasteiger partial charge in [-0.1, -0.05) is 39.0 Å². The number of aliphatic hydroxyl groups excluding tert-OH is 1. The number of ketones is 1. The van der Waals surface area contributed by atoms with Crippen molar-refractivity contribution in [1.29, 1.82) is 0 Å². The Morgan fingerprint density at radius 2 is 1.80 bits per heavy atom. The summed E-state index contributed by atoms with van der Waals surface area (Å²) in [6.45, 7) is 17.4. The minimum atomic E-state index is -2.29. The lowest BCUT2D eigenvalue weighted by molar-refractivity contribution is -0.369. The van der Waals surface area contributed by atoms with Gasteiger partial charge in [-0.25, -0.2) is 4.79 Å². The van der Waals surface area contributed by atoms with Crippen LogP contribution in [0.15, 0.2) is 36.9 Å². The molecule has 1 aromatic carbocycles. The number of esters is 2. The maximum Gasteiger partial charge on any atom is 0.338 e. The van der Waals surface area contributed by atoms with Gasteiger partial charge in [0.2, 0.25) is 0 Å². The third kappa shape index (κ3) is 5.65. The minimum Gasteiger partial charge on any atom is -0.455 e. The van der Waals surface area contributed by atoms with Crippen molar-refractivity contribution in [3.8, 4) is 0 Å². The third-order valence-electron chi connectivity index (χ3n) is 10.9. The molecule has 4 fully saturated rings. The van der Waals surface area contributed by atoms with E-state index in [1.807, 2.05) is 19.9 Å². The highest BCUT2D eigenvalue weighted by atomic mass is 35.5. The van der Waals surface area contributed by atoms with E-state index in [4.69, 9.17) is 18.9 Å². The fraction of sp³-hybridized carbons (Fsp3) is 0.676. The highest BCUT2D eigenvalue weighted by Crippen LogP contribution is 2.67. The predicted molar refractivity (Wildman–Crippen MR) is 168 cm³/mol. The first kappa shape index (κ1) is 35.5. The van der Waals surface area contributed by atoms with Crippen molar-refractivity contribution in [3.05, 3.63) is 48.0 Å². The van der Waals surface area contributed by atoms with Crippen LogP contribution in [0.25, 0.3) is 0 Å². The lowest BCUT2D eigenvalue weighted by atomic mass is 9.39. The molecule has 8 atom stereocenters. The number of halogens is 1. The Hall–Kier alpha value is -2.34. The van der Waals surface area contributed by atoms with Gasteiger partial charge in [-0.15, -0.1) is 19.0 Å². The maximum absolute atomic E-state index is 14.2. The topological polar surface area (TPSA) is 132 Å². The number of Topliss-reactive ketones (excluding diaryl/α,β-unsaturated/α-hetero) is 1. The van der Waals surface area contributed by atoms with Crippen molar-refractivity contribution in [2.75, 3.05) is 26.3 Å². The molecule has 2 heterocycles. The molecule has 0 unspecified atom stereocenters. The molecule has 2 N–H and O–H groups in total. The number of hydrogen-bond donors (Lipinski definition) is 2. The fourth-order valence-corrected chi connectivity index (χ4v) is 8.75. The van der Waals surface area contributed by atoms with Crippen LogP contribution in [0.4, 0.5) is 0 Å². The summed E-state index contributed by atoms with van der Waals surface area (Å²) in [4.78, 5) is 43.1. The first-order chi connectivity index (χ1) is 20.5. The van der Waals surface area contributed by atoms with Gasteiger partial charge in [0.05, 0.1) is 30.5 Å². The number of fused-ring (bicyclic) bond motifs is 3. The molecule has 45 heavy (non-hydrogen) atoms. The molecule has 250 valence electrons. The Morgan fingerprint density at radius 1 is 1.13 bits per heavy atom. The second-order valence-electron chi connectivity index (χ2n) is 14.3. The first-order valence-corrected chi connectivity index (χ1v) is 15.6. The van der Waals surface area contributed by atoms with Gasteiger partial charge in [0.1, 0.15) is 11.7 Å². The van der Waals surface area contributed by atoms with E-state index < -0.39 is 69.6 Å². The summed E-state index contributed by atoms with van der Waals surface area (Å²) in [6, 6.07) is 7.20. The zero-order valence-electron chi connectivity index (χ0n) is 27.2. The standard InChI is InChI=1S/C34H47NO9.ClH/c1-8-31(5)19-25(38)34(40)32(6)24(37)12-13-30(3,4)27(32)26(28(42-21(2)36)33(34,7)44-31)43-29(39)23-11-9-10-22(18-23)20-35-14-16-41-17-15-35;/h8-11,18,24,26-28,37,40H,1,12-17,19-20H2,2-7H3;1H/t24-,26-,27-,28-,31-,32-,33+,34-;/m0./s1. The van der Waals surface area contributed by atoms with Gasteiger partial charge < -0.3 is 29.2 Å². The summed E-state index contributed by atoms with van der Waals surface area (Å²) in [5.74, 6) is -2.67. The largest absolute Gasteiger partial charge is 0.455 e. The average Bonchev–Trinajstić information content (AvgIpc) is 2.96. The number of morpholine rings is 1. The molecule has 0 radical (unpaired) electrons. The molecule has 1 aromatic rings. The zero-order chi connectivity index (χ0) is 32.3. The molecule has 5 rings (SSSR count). The lowest BCUT2D eigenvalue weighted by Crippen LogP contribution is -2.87. The number of nitrogens with zero attached hydrogens (tertiary/aromatic N) is 1. The summed E-state index contributed by atoms with van der Waals surface area (Å²) >= 11 is 0. The van der Waals surface area contributed by atoms with Crippen LogP contribution >= 0.6 is 12.4 Å². The quantitative estimate of drug-likeness (QED) is 0.348. The van der Waals surface area contributed by atoms with Crippen molar-refractivity contribution in [2.45, 2.75) is 102 Å². The van der Waals surface area contributed by atoms with Crippen molar-refractivity contribution in [2.24, 2.45) is 16.7 Å². The van der Waals surface area contributed by atoms with Crippen molar-refractivity contribution < 1.29 is 43.5 Å². The van der Waals surface area contributed by atoms with Crippen LogP contribution in [-0.4, -0.2) is 94.3 Å². The SMILES string of the molecule is C=C[C@@]1(C)CC(=O)[C@]2(O)[C@@]3(C)[C@@H](O)CCC(C)(C)[C@@H]3[C@H](OC(=O)c3cccc(CN4CCOCC4)c3)[C@H](OC(C)=O)[C@@]2(C)O1.Cl. The molecule has 0 bridgehead atoms. The van der Waals surface area contributed by atoms with E-state index in [9.17, 15) is 24.6 Å². The fourth-order valence-electron chi connectivity index (χ4n) is 8.75. The molecule has 0 aromatic heterocycles. The summed E-state index contributed by atoms with van der Waals surface area (Å²) in [5.41, 5.74) is -6.32. The molecular formula is C34H48ClNO9. The van der Waals surface area contributed by atoms with Gasteiger partial charge in [0.15, 0.2) is 17.5 Å². The summed E-state index contributed by atoms with van der Waals surface area (Å²) in [7, 11) is 0. The lowest BCUT2D eigenvalue weighted by Gasteiger charge is -2.71. The van der Waals surface area contributed by atoms with Crippen LogP contribution in [0.1, 0.15) is 76.7 Å². The summed E-state index contributed by atoms with van der Waals surface area (Å²) < 4.78 is 24.3. The number of rotatable bonds is 6. The molecule has 2 aliphatic heterocycles. The van der Waals surface area contributed by atoms with Crippen molar-refractivity contribution >= 4 is 30.1 Å². The molecule has 2 aliphatic carbocycles. The van der Waals surface area contributed by atoms with Crippen LogP contribution in [0.5, 0.6) is 0 Å². The molecule has 2 saturated heterocycles. The highest BCUT2D eigenvalue weighted by Gasteiger charge is 2.82.